The van der Waals surface area contributed by atoms with Gasteiger partial charge in [-0.25, -0.2) is 4.79 Å². The van der Waals surface area contributed by atoms with Crippen LogP contribution in [0.1, 0.15) is 27.3 Å². The fraction of sp³-hybridized carbons (Fsp3) is 0.280. The summed E-state index contributed by atoms with van der Waals surface area (Å²) < 4.78 is 29.3. The second kappa shape index (κ2) is 8.54. The van der Waals surface area contributed by atoms with Gasteiger partial charge in [-0.05, 0) is 49.7 Å². The van der Waals surface area contributed by atoms with Crippen LogP contribution in [0.25, 0.3) is 0 Å². The molecule has 3 aromatic rings. The van der Waals surface area contributed by atoms with E-state index >= 15 is 0 Å². The quantitative estimate of drug-likeness (QED) is 0.421. The molecule has 2 aromatic carbocycles. The molecule has 3 heterocycles. The van der Waals surface area contributed by atoms with Gasteiger partial charge in [-0.3, -0.25) is 4.79 Å². The second-order valence-corrected chi connectivity index (χ2v) is 7.95. The predicted molar refractivity (Wildman–Crippen MR) is 117 cm³/mol. The molecule has 0 spiro atoms. The van der Waals surface area contributed by atoms with Crippen LogP contribution >= 0.6 is 0 Å². The van der Waals surface area contributed by atoms with E-state index < -0.39 is 12.1 Å². The SMILES string of the molecule is Cc1cc(C(=O)COC(=O)[C@@H]2COc3ccccc3O2)c(C)n1Cc1ccc2c(c1)OCO2. The number of fused-ring (bicyclic) bond motifs is 2. The lowest BCUT2D eigenvalue weighted by molar-refractivity contribution is -0.153. The average molecular weight is 449 g/mol. The maximum absolute atomic E-state index is 12.8. The van der Waals surface area contributed by atoms with Crippen LogP contribution in [0, 0.1) is 13.8 Å². The van der Waals surface area contributed by atoms with Gasteiger partial charge in [-0.15, -0.1) is 0 Å². The Hall–Kier alpha value is -3.94. The summed E-state index contributed by atoms with van der Waals surface area (Å²) in [6.45, 7) is 4.29. The molecule has 0 radical (unpaired) electrons. The smallest absolute Gasteiger partial charge is 0.351 e. The molecule has 0 saturated heterocycles. The Bertz CT molecular complexity index is 1230. The number of carbonyl (C=O) groups is 2. The number of esters is 1. The number of hydrogen-bond acceptors (Lipinski definition) is 7. The van der Waals surface area contributed by atoms with Gasteiger partial charge >= 0.3 is 5.97 Å². The summed E-state index contributed by atoms with van der Waals surface area (Å²) in [7, 11) is 0. The van der Waals surface area contributed by atoms with Gasteiger partial charge in [-0.2, -0.15) is 0 Å². The molecule has 0 N–H and O–H groups in total. The Kier molecular flexibility index (Phi) is 5.42. The minimum atomic E-state index is -0.911. The molecule has 0 bridgehead atoms. The van der Waals surface area contributed by atoms with Gasteiger partial charge < -0.3 is 28.3 Å². The fourth-order valence-corrected chi connectivity index (χ4v) is 3.99. The maximum Gasteiger partial charge on any atom is 0.351 e. The number of aryl methyl sites for hydroxylation is 1. The number of aromatic nitrogens is 1. The van der Waals surface area contributed by atoms with Gasteiger partial charge in [0, 0.05) is 23.5 Å². The lowest BCUT2D eigenvalue weighted by Gasteiger charge is -2.24. The molecule has 2 aliphatic rings. The molecule has 0 amide bonds. The van der Waals surface area contributed by atoms with Crippen molar-refractivity contribution >= 4 is 11.8 Å². The predicted octanol–water partition coefficient (Wildman–Crippen LogP) is 3.45. The van der Waals surface area contributed by atoms with Gasteiger partial charge in [0.05, 0.1) is 0 Å². The van der Waals surface area contributed by atoms with Crippen molar-refractivity contribution in [1.29, 1.82) is 0 Å². The first kappa shape index (κ1) is 20.9. The van der Waals surface area contributed by atoms with Crippen LogP contribution in [0.3, 0.4) is 0 Å². The van der Waals surface area contributed by atoms with E-state index in [2.05, 4.69) is 0 Å². The van der Waals surface area contributed by atoms with E-state index in [0.29, 0.717) is 23.6 Å². The van der Waals surface area contributed by atoms with Crippen molar-refractivity contribution in [2.75, 3.05) is 20.0 Å². The number of hydrogen-bond donors (Lipinski definition) is 0. The van der Waals surface area contributed by atoms with Crippen molar-refractivity contribution in [1.82, 2.24) is 4.57 Å². The van der Waals surface area contributed by atoms with Crippen LogP contribution in [0.2, 0.25) is 0 Å². The molecule has 170 valence electrons. The largest absolute Gasteiger partial charge is 0.485 e. The summed E-state index contributed by atoms with van der Waals surface area (Å²) in [6.07, 6.45) is -0.911. The lowest BCUT2D eigenvalue weighted by atomic mass is 10.1. The number of nitrogens with zero attached hydrogens (tertiary/aromatic N) is 1. The zero-order chi connectivity index (χ0) is 22.9. The Morgan fingerprint density at radius 1 is 0.970 bits per heavy atom. The molecule has 2 aliphatic heterocycles. The maximum atomic E-state index is 12.8. The highest BCUT2D eigenvalue weighted by Crippen LogP contribution is 2.33. The Balaban J connectivity index is 1.23. The normalized spacial score (nSPS) is 15.9. The third-order valence-electron chi connectivity index (χ3n) is 5.77. The van der Waals surface area contributed by atoms with E-state index in [0.717, 1.165) is 28.5 Å². The minimum Gasteiger partial charge on any atom is -0.485 e. The molecule has 8 nitrogen and oxygen atoms in total. The highest BCUT2D eigenvalue weighted by atomic mass is 16.7. The number of Topliss-reactive ketones (excluding diaryl/α,β-unsaturated/α-hetero) is 1. The van der Waals surface area contributed by atoms with E-state index in [4.69, 9.17) is 23.7 Å². The molecular formula is C25H23NO7. The van der Waals surface area contributed by atoms with Gasteiger partial charge in [0.15, 0.2) is 29.6 Å². The Morgan fingerprint density at radius 3 is 2.58 bits per heavy atom. The summed E-state index contributed by atoms with van der Waals surface area (Å²) in [5.74, 6) is 1.59. The van der Waals surface area contributed by atoms with Gasteiger partial charge in [0.2, 0.25) is 18.7 Å². The summed E-state index contributed by atoms with van der Waals surface area (Å²) in [5.41, 5.74) is 3.28. The van der Waals surface area contributed by atoms with Crippen molar-refractivity contribution < 1.29 is 33.3 Å². The van der Waals surface area contributed by atoms with E-state index in [9.17, 15) is 9.59 Å². The number of ether oxygens (including phenoxy) is 5. The first-order chi connectivity index (χ1) is 16.0. The van der Waals surface area contributed by atoms with Crippen molar-refractivity contribution in [3.8, 4) is 23.0 Å². The summed E-state index contributed by atoms with van der Waals surface area (Å²) in [6, 6.07) is 14.7. The Morgan fingerprint density at radius 2 is 1.73 bits per heavy atom. The minimum absolute atomic E-state index is 0.0358. The molecule has 1 atom stereocenters. The summed E-state index contributed by atoms with van der Waals surface area (Å²) in [5, 5.41) is 0. The van der Waals surface area contributed by atoms with Crippen LogP contribution in [0.15, 0.2) is 48.5 Å². The molecule has 33 heavy (non-hydrogen) atoms. The third-order valence-corrected chi connectivity index (χ3v) is 5.77. The third kappa shape index (κ3) is 4.11. The van der Waals surface area contributed by atoms with Crippen molar-refractivity contribution in [2.45, 2.75) is 26.5 Å². The monoisotopic (exact) mass is 449 g/mol. The lowest BCUT2D eigenvalue weighted by Crippen LogP contribution is -2.38. The number of rotatable bonds is 6. The number of ketones is 1. The van der Waals surface area contributed by atoms with Gasteiger partial charge in [0.1, 0.15) is 6.61 Å². The van der Waals surface area contributed by atoms with E-state index in [1.807, 2.05) is 48.7 Å². The van der Waals surface area contributed by atoms with Gasteiger partial charge in [-0.1, -0.05) is 18.2 Å². The highest BCUT2D eigenvalue weighted by molar-refractivity contribution is 5.99. The molecule has 1 aromatic heterocycles. The van der Waals surface area contributed by atoms with E-state index in [-0.39, 0.29) is 25.8 Å². The first-order valence-electron chi connectivity index (χ1n) is 10.6. The Labute approximate surface area is 190 Å². The first-order valence-corrected chi connectivity index (χ1v) is 10.6. The molecular weight excluding hydrogens is 426 g/mol. The van der Waals surface area contributed by atoms with Crippen molar-refractivity contribution in [3.05, 3.63) is 71.0 Å². The highest BCUT2D eigenvalue weighted by Gasteiger charge is 2.29. The standard InChI is InChI=1S/C25H23NO7/c1-15-9-18(16(2)26(15)11-17-7-8-21-23(10-17)32-14-31-21)19(27)12-30-25(28)24-13-29-20-5-3-4-6-22(20)33-24/h3-10,24H,11-14H2,1-2H3/t24-/m0/s1. The van der Waals surface area contributed by atoms with Crippen LogP contribution in [-0.4, -0.2) is 42.4 Å². The molecule has 0 fully saturated rings. The van der Waals surface area contributed by atoms with E-state index in [1.165, 1.54) is 0 Å². The topological polar surface area (TPSA) is 85.2 Å². The van der Waals surface area contributed by atoms with Crippen LogP contribution in [0.4, 0.5) is 0 Å². The van der Waals surface area contributed by atoms with Gasteiger partial charge in [0.25, 0.3) is 0 Å². The van der Waals surface area contributed by atoms with Crippen LogP contribution < -0.4 is 18.9 Å². The number of para-hydroxylation sites is 2. The summed E-state index contributed by atoms with van der Waals surface area (Å²) in [4.78, 5) is 25.3. The number of benzene rings is 2. The zero-order valence-electron chi connectivity index (χ0n) is 18.3. The second-order valence-electron chi connectivity index (χ2n) is 7.95. The number of carbonyl (C=O) groups excluding carboxylic acids is 2. The van der Waals surface area contributed by atoms with Crippen LogP contribution in [0.5, 0.6) is 23.0 Å². The fourth-order valence-electron chi connectivity index (χ4n) is 3.99. The van der Waals surface area contributed by atoms with Crippen molar-refractivity contribution in [2.24, 2.45) is 0 Å². The van der Waals surface area contributed by atoms with E-state index in [1.54, 1.807) is 18.2 Å². The van der Waals surface area contributed by atoms with Crippen molar-refractivity contribution in [3.63, 3.8) is 0 Å². The van der Waals surface area contributed by atoms with Crippen LogP contribution in [-0.2, 0) is 16.1 Å². The molecule has 8 heteroatoms. The molecule has 0 aliphatic carbocycles. The molecule has 0 unspecified atom stereocenters. The average Bonchev–Trinajstić information content (AvgIpc) is 3.41. The summed E-state index contributed by atoms with van der Waals surface area (Å²) >= 11 is 0. The zero-order valence-corrected chi connectivity index (χ0v) is 18.3. The molecule has 5 rings (SSSR count). The molecule has 0 saturated carbocycles.